The molecule has 0 aromatic heterocycles. The first-order valence-electron chi connectivity index (χ1n) is 6.16. The summed E-state index contributed by atoms with van der Waals surface area (Å²) in [4.78, 5) is 14.5. The molecule has 0 atom stereocenters. The number of nitrogens with zero attached hydrogens (tertiary/aromatic N) is 1. The largest absolute Gasteiger partial charge is 0.493 e. The maximum atomic E-state index is 10.6. The van der Waals surface area contributed by atoms with Gasteiger partial charge in [0.25, 0.3) is 0 Å². The van der Waals surface area contributed by atoms with Gasteiger partial charge in [-0.3, -0.25) is 0 Å². The average molecular weight is 282 g/mol. The third kappa shape index (κ3) is 2.75. The van der Waals surface area contributed by atoms with Gasteiger partial charge in [-0.15, -0.1) is 0 Å². The highest BCUT2D eigenvalue weighted by Crippen LogP contribution is 2.55. The van der Waals surface area contributed by atoms with Gasteiger partial charge in [0.05, 0.1) is 13.2 Å². The van der Waals surface area contributed by atoms with Gasteiger partial charge >= 0.3 is 0 Å². The third-order valence-electron chi connectivity index (χ3n) is 3.08. The summed E-state index contributed by atoms with van der Waals surface area (Å²) in [5, 5.41) is 0.537. The first-order chi connectivity index (χ1) is 9.02. The van der Waals surface area contributed by atoms with Gasteiger partial charge < -0.3 is 9.47 Å². The molecule has 0 bridgehead atoms. The lowest BCUT2D eigenvalue weighted by Crippen LogP contribution is -2.13. The van der Waals surface area contributed by atoms with Crippen LogP contribution in [0.15, 0.2) is 17.1 Å². The Bertz CT molecular complexity index is 532. The van der Waals surface area contributed by atoms with E-state index in [1.807, 2.05) is 13.8 Å². The van der Waals surface area contributed by atoms with Crippen molar-refractivity contribution in [3.8, 4) is 11.5 Å². The first-order valence-corrected chi connectivity index (χ1v) is 6.54. The summed E-state index contributed by atoms with van der Waals surface area (Å²) in [6.07, 6.45) is 3.22. The maximum Gasteiger partial charge on any atom is 0.235 e. The fraction of sp³-hybridized carbons (Fsp3) is 0.500. The van der Waals surface area contributed by atoms with Crippen LogP contribution < -0.4 is 9.47 Å². The molecule has 0 amide bonds. The van der Waals surface area contributed by atoms with Gasteiger partial charge in [0.15, 0.2) is 11.5 Å². The predicted molar refractivity (Wildman–Crippen MR) is 72.8 cm³/mol. The number of aliphatic imine (C=N–C) groups is 1. The molecule has 5 heteroatoms. The van der Waals surface area contributed by atoms with Crippen LogP contribution in [-0.4, -0.2) is 19.3 Å². The van der Waals surface area contributed by atoms with Crippen molar-refractivity contribution in [3.63, 3.8) is 0 Å². The van der Waals surface area contributed by atoms with Crippen LogP contribution in [0.4, 0.5) is 0 Å². The molecule has 102 valence electrons. The third-order valence-corrected chi connectivity index (χ3v) is 3.30. The molecule has 1 aromatic carbocycles. The van der Waals surface area contributed by atoms with E-state index in [0.29, 0.717) is 16.5 Å². The fourth-order valence-electron chi connectivity index (χ4n) is 2.07. The zero-order valence-electron chi connectivity index (χ0n) is 11.2. The standard InChI is InChI=1S/C14H16ClNO3/c1-9(2)19-13-11(14(4-5-14)16-8-17)6-10(15)7-12(13)18-3/h6-7,9H,4-5H2,1-3H3. The van der Waals surface area contributed by atoms with Crippen molar-refractivity contribution < 1.29 is 14.3 Å². The summed E-state index contributed by atoms with van der Waals surface area (Å²) in [7, 11) is 1.56. The smallest absolute Gasteiger partial charge is 0.235 e. The quantitative estimate of drug-likeness (QED) is 0.613. The van der Waals surface area contributed by atoms with Gasteiger partial charge in [-0.25, -0.2) is 4.79 Å². The normalized spacial score (nSPS) is 15.8. The van der Waals surface area contributed by atoms with E-state index >= 15 is 0 Å². The molecule has 1 aliphatic rings. The molecule has 0 aliphatic heterocycles. The molecule has 4 nitrogen and oxygen atoms in total. The van der Waals surface area contributed by atoms with Crippen LogP contribution in [0.5, 0.6) is 11.5 Å². The number of carbonyl (C=O) groups excluding carboxylic acids is 1. The Labute approximate surface area is 117 Å². The lowest BCUT2D eigenvalue weighted by Gasteiger charge is -2.20. The zero-order chi connectivity index (χ0) is 14.0. The summed E-state index contributed by atoms with van der Waals surface area (Å²) in [5.41, 5.74) is 0.262. The van der Waals surface area contributed by atoms with E-state index in [-0.39, 0.29) is 6.10 Å². The monoisotopic (exact) mass is 281 g/mol. The lowest BCUT2D eigenvalue weighted by molar-refractivity contribution is 0.226. The van der Waals surface area contributed by atoms with E-state index in [4.69, 9.17) is 21.1 Å². The maximum absolute atomic E-state index is 10.6. The number of rotatable bonds is 5. The van der Waals surface area contributed by atoms with E-state index in [1.165, 1.54) is 0 Å². The molecule has 1 aromatic rings. The Morgan fingerprint density at radius 1 is 1.42 bits per heavy atom. The Morgan fingerprint density at radius 2 is 2.11 bits per heavy atom. The molecular weight excluding hydrogens is 266 g/mol. The molecule has 19 heavy (non-hydrogen) atoms. The Kier molecular flexibility index (Phi) is 3.83. The van der Waals surface area contributed by atoms with Crippen molar-refractivity contribution in [2.24, 2.45) is 4.99 Å². The summed E-state index contributed by atoms with van der Waals surface area (Å²) in [6.45, 7) is 3.86. The number of ether oxygens (including phenoxy) is 2. The van der Waals surface area contributed by atoms with Crippen LogP contribution in [-0.2, 0) is 10.3 Å². The zero-order valence-corrected chi connectivity index (χ0v) is 12.0. The fourth-order valence-corrected chi connectivity index (χ4v) is 2.28. The highest BCUT2D eigenvalue weighted by atomic mass is 35.5. The summed E-state index contributed by atoms with van der Waals surface area (Å²) >= 11 is 6.10. The van der Waals surface area contributed by atoms with Crippen molar-refractivity contribution in [1.29, 1.82) is 0 Å². The van der Waals surface area contributed by atoms with Gasteiger partial charge in [-0.1, -0.05) is 11.6 Å². The molecule has 0 spiro atoms. The first kappa shape index (κ1) is 13.9. The van der Waals surface area contributed by atoms with Crippen LogP contribution in [0.2, 0.25) is 5.02 Å². The summed E-state index contributed by atoms with van der Waals surface area (Å²) in [5.74, 6) is 1.17. The number of methoxy groups -OCH3 is 1. The minimum Gasteiger partial charge on any atom is -0.493 e. The van der Waals surface area contributed by atoms with E-state index in [2.05, 4.69) is 4.99 Å². The van der Waals surface area contributed by atoms with E-state index in [9.17, 15) is 4.79 Å². The molecule has 0 radical (unpaired) electrons. The molecule has 2 rings (SSSR count). The molecule has 1 fully saturated rings. The molecule has 0 heterocycles. The predicted octanol–water partition coefficient (Wildman–Crippen LogP) is 3.46. The molecule has 0 saturated heterocycles. The van der Waals surface area contributed by atoms with Crippen molar-refractivity contribution in [3.05, 3.63) is 22.7 Å². The van der Waals surface area contributed by atoms with Crippen molar-refractivity contribution >= 4 is 17.7 Å². The average Bonchev–Trinajstić information content (AvgIpc) is 3.11. The number of hydrogen-bond acceptors (Lipinski definition) is 4. The van der Waals surface area contributed by atoms with Crippen LogP contribution >= 0.6 is 11.6 Å². The van der Waals surface area contributed by atoms with Gasteiger partial charge in [-0.05, 0) is 32.8 Å². The number of isocyanates is 1. The molecule has 1 aliphatic carbocycles. The van der Waals surface area contributed by atoms with Crippen LogP contribution in [0.3, 0.4) is 0 Å². The van der Waals surface area contributed by atoms with Crippen molar-refractivity contribution in [1.82, 2.24) is 0 Å². The summed E-state index contributed by atoms with van der Waals surface area (Å²) in [6, 6.07) is 3.49. The van der Waals surface area contributed by atoms with Crippen LogP contribution in [0.1, 0.15) is 32.3 Å². The molecular formula is C14H16ClNO3. The van der Waals surface area contributed by atoms with Gasteiger partial charge in [-0.2, -0.15) is 4.99 Å². The van der Waals surface area contributed by atoms with Crippen LogP contribution in [0, 0.1) is 0 Å². The molecule has 0 unspecified atom stereocenters. The van der Waals surface area contributed by atoms with Gasteiger partial charge in [0.1, 0.15) is 5.54 Å². The Balaban J connectivity index is 2.57. The molecule has 0 N–H and O–H groups in total. The second-order valence-electron chi connectivity index (χ2n) is 4.89. The number of benzene rings is 1. The minimum absolute atomic E-state index is 0.00941. The second kappa shape index (κ2) is 5.24. The van der Waals surface area contributed by atoms with Gasteiger partial charge in [0, 0.05) is 16.7 Å². The minimum atomic E-state index is -0.538. The van der Waals surface area contributed by atoms with Crippen LogP contribution in [0.25, 0.3) is 0 Å². The van der Waals surface area contributed by atoms with Crippen molar-refractivity contribution in [2.45, 2.75) is 38.3 Å². The lowest BCUT2D eigenvalue weighted by atomic mass is 10.0. The number of halogens is 1. The molecule has 1 saturated carbocycles. The SMILES string of the molecule is COc1cc(Cl)cc(C2(N=C=O)CC2)c1OC(C)C. The highest BCUT2D eigenvalue weighted by molar-refractivity contribution is 6.30. The van der Waals surface area contributed by atoms with Crippen molar-refractivity contribution in [2.75, 3.05) is 7.11 Å². The van der Waals surface area contributed by atoms with E-state index < -0.39 is 5.54 Å². The Morgan fingerprint density at radius 3 is 2.58 bits per heavy atom. The highest BCUT2D eigenvalue weighted by Gasteiger charge is 2.47. The van der Waals surface area contributed by atoms with E-state index in [0.717, 1.165) is 18.4 Å². The summed E-state index contributed by atoms with van der Waals surface area (Å²) < 4.78 is 11.1. The van der Waals surface area contributed by atoms with E-state index in [1.54, 1.807) is 25.3 Å². The second-order valence-corrected chi connectivity index (χ2v) is 5.32. The Hall–Kier alpha value is -1.51. The number of hydrogen-bond donors (Lipinski definition) is 0. The topological polar surface area (TPSA) is 47.9 Å². The van der Waals surface area contributed by atoms with Gasteiger partial charge in [0.2, 0.25) is 6.08 Å².